The number of carbonyl (C=O) groups is 1. The maximum Gasteiger partial charge on any atom is 0.267 e. The van der Waals surface area contributed by atoms with Crippen LogP contribution in [-0.2, 0) is 10.0 Å². The Morgan fingerprint density at radius 3 is 2.58 bits per heavy atom. The lowest BCUT2D eigenvalue weighted by Crippen LogP contribution is -2.30. The van der Waals surface area contributed by atoms with E-state index in [1.165, 1.54) is 4.68 Å². The van der Waals surface area contributed by atoms with Crippen LogP contribution in [0.25, 0.3) is 27.7 Å². The lowest BCUT2D eigenvalue weighted by molar-refractivity contribution is 0.0978. The lowest BCUT2D eigenvalue weighted by Gasteiger charge is -2.10. The first-order valence-electron chi connectivity index (χ1n) is 9.28. The Morgan fingerprint density at radius 2 is 1.88 bits per heavy atom. The highest BCUT2D eigenvalue weighted by Crippen LogP contribution is 2.34. The third-order valence-corrected chi connectivity index (χ3v) is 5.92. The van der Waals surface area contributed by atoms with Crippen LogP contribution in [0.15, 0.2) is 54.6 Å². The Balaban J connectivity index is 1.82. The normalized spacial score (nSPS) is 11.4. The van der Waals surface area contributed by atoms with E-state index >= 15 is 0 Å². The van der Waals surface area contributed by atoms with E-state index in [2.05, 4.69) is 11.2 Å². The van der Waals surface area contributed by atoms with Crippen LogP contribution in [-0.4, -0.2) is 30.4 Å². The fourth-order valence-electron chi connectivity index (χ4n) is 3.36. The number of amides is 1. The van der Waals surface area contributed by atoms with Crippen LogP contribution in [0.4, 0.5) is 4.39 Å². The van der Waals surface area contributed by atoms with Gasteiger partial charge >= 0.3 is 0 Å². The van der Waals surface area contributed by atoms with Crippen molar-refractivity contribution in [3.05, 3.63) is 81.7 Å². The van der Waals surface area contributed by atoms with Crippen molar-refractivity contribution in [2.75, 3.05) is 6.26 Å². The van der Waals surface area contributed by atoms with Crippen molar-refractivity contribution in [2.45, 2.75) is 0 Å². The Morgan fingerprint density at radius 1 is 1.15 bits per heavy atom. The number of halogens is 3. The molecule has 0 aliphatic heterocycles. The van der Waals surface area contributed by atoms with Crippen molar-refractivity contribution in [2.24, 2.45) is 0 Å². The molecule has 4 aromatic rings. The minimum Gasteiger partial charge on any atom is -0.268 e. The predicted molar refractivity (Wildman–Crippen MR) is 124 cm³/mol. The molecule has 7 nitrogen and oxygen atoms in total. The number of nitrogens with zero attached hydrogens (tertiary/aromatic N) is 3. The van der Waals surface area contributed by atoms with Crippen molar-refractivity contribution in [3.8, 4) is 22.9 Å². The van der Waals surface area contributed by atoms with Gasteiger partial charge in [-0.1, -0.05) is 47.5 Å². The second-order valence-corrected chi connectivity index (χ2v) is 9.59. The summed E-state index contributed by atoms with van der Waals surface area (Å²) >= 11 is 12.6. The first-order valence-corrected chi connectivity index (χ1v) is 11.9. The van der Waals surface area contributed by atoms with E-state index in [1.807, 2.05) is 12.1 Å². The zero-order chi connectivity index (χ0) is 23.9. The Kier molecular flexibility index (Phi) is 5.84. The topological polar surface area (TPSA) is 105 Å². The van der Waals surface area contributed by atoms with E-state index in [-0.39, 0.29) is 15.9 Å². The summed E-state index contributed by atoms with van der Waals surface area (Å²) in [5, 5.41) is 14.2. The molecule has 1 aromatic heterocycles. The average Bonchev–Trinajstić information content (AvgIpc) is 3.09. The van der Waals surface area contributed by atoms with E-state index in [0.29, 0.717) is 16.5 Å². The van der Waals surface area contributed by atoms with Gasteiger partial charge in [-0.2, -0.15) is 10.4 Å². The van der Waals surface area contributed by atoms with Gasteiger partial charge in [0, 0.05) is 11.5 Å². The maximum atomic E-state index is 14.7. The van der Waals surface area contributed by atoms with Gasteiger partial charge in [0.15, 0.2) is 5.15 Å². The summed E-state index contributed by atoms with van der Waals surface area (Å²) in [7, 11) is -3.89. The van der Waals surface area contributed by atoms with Crippen LogP contribution in [0.3, 0.4) is 0 Å². The fourth-order valence-corrected chi connectivity index (χ4v) is 4.28. The van der Waals surface area contributed by atoms with Crippen molar-refractivity contribution >= 4 is 50.0 Å². The van der Waals surface area contributed by atoms with Crippen LogP contribution >= 0.6 is 23.2 Å². The number of benzene rings is 3. The number of rotatable bonds is 4. The second-order valence-electron chi connectivity index (χ2n) is 7.08. The molecule has 0 saturated carbocycles. The van der Waals surface area contributed by atoms with Crippen molar-refractivity contribution in [1.82, 2.24) is 14.5 Å². The number of sulfonamides is 1. The van der Waals surface area contributed by atoms with Gasteiger partial charge < -0.3 is 0 Å². The highest BCUT2D eigenvalue weighted by Gasteiger charge is 2.21. The largest absolute Gasteiger partial charge is 0.268 e. The number of carbonyl (C=O) groups excluding carboxylic acids is 1. The molecule has 1 N–H and O–H groups in total. The number of hydrogen-bond acceptors (Lipinski definition) is 5. The molecule has 0 unspecified atom stereocenters. The van der Waals surface area contributed by atoms with Gasteiger partial charge in [0.1, 0.15) is 5.82 Å². The Bertz CT molecular complexity index is 1590. The zero-order valence-electron chi connectivity index (χ0n) is 16.8. The van der Waals surface area contributed by atoms with Gasteiger partial charge in [-0.05, 0) is 35.4 Å². The molecule has 33 heavy (non-hydrogen) atoms. The third-order valence-electron chi connectivity index (χ3n) is 4.78. The smallest absolute Gasteiger partial charge is 0.267 e. The molecule has 11 heteroatoms. The highest BCUT2D eigenvalue weighted by molar-refractivity contribution is 7.89. The van der Waals surface area contributed by atoms with Gasteiger partial charge in [-0.3, -0.25) is 4.79 Å². The van der Waals surface area contributed by atoms with Crippen molar-refractivity contribution in [3.63, 3.8) is 0 Å². The SMILES string of the molecule is CS(=O)(=O)NC(=O)c1cc(Cl)c(-n2nc(Cl)c3cc(-c4ccccc4C#N)ccc32)cc1F. The molecular weight excluding hydrogens is 490 g/mol. The van der Waals surface area contributed by atoms with Crippen LogP contribution in [0, 0.1) is 17.1 Å². The molecule has 0 aliphatic carbocycles. The van der Waals surface area contributed by atoms with Gasteiger partial charge in [0.05, 0.1) is 39.7 Å². The summed E-state index contributed by atoms with van der Waals surface area (Å²) in [6, 6.07) is 16.5. The first-order chi connectivity index (χ1) is 15.6. The highest BCUT2D eigenvalue weighted by atomic mass is 35.5. The van der Waals surface area contributed by atoms with Crippen LogP contribution in [0.2, 0.25) is 10.2 Å². The summed E-state index contributed by atoms with van der Waals surface area (Å²) in [5.74, 6) is -2.14. The summed E-state index contributed by atoms with van der Waals surface area (Å²) in [4.78, 5) is 12.1. The van der Waals surface area contributed by atoms with Gasteiger partial charge in [0.25, 0.3) is 5.91 Å². The molecule has 1 amide bonds. The van der Waals surface area contributed by atoms with Crippen molar-refractivity contribution < 1.29 is 17.6 Å². The van der Waals surface area contributed by atoms with Gasteiger partial charge in [0.2, 0.25) is 10.0 Å². The molecule has 0 spiro atoms. The molecule has 0 atom stereocenters. The lowest BCUT2D eigenvalue weighted by atomic mass is 9.99. The molecule has 4 rings (SSSR count). The van der Waals surface area contributed by atoms with Crippen LogP contribution in [0.5, 0.6) is 0 Å². The van der Waals surface area contributed by atoms with Gasteiger partial charge in [-0.25, -0.2) is 22.2 Å². The molecule has 0 bridgehead atoms. The number of hydrogen-bond donors (Lipinski definition) is 1. The number of fused-ring (bicyclic) bond motifs is 1. The van der Waals surface area contributed by atoms with Crippen molar-refractivity contribution in [1.29, 1.82) is 5.26 Å². The molecule has 1 heterocycles. The van der Waals surface area contributed by atoms with E-state index < -0.39 is 27.3 Å². The number of aromatic nitrogens is 2. The quantitative estimate of drug-likeness (QED) is 0.435. The molecule has 0 aliphatic rings. The van der Waals surface area contributed by atoms with Crippen LogP contribution < -0.4 is 4.72 Å². The minimum atomic E-state index is -3.89. The fraction of sp³-hybridized carbons (Fsp3) is 0.0455. The third kappa shape index (κ3) is 4.41. The number of nitriles is 1. The standard InChI is InChI=1S/C22H13Cl2FN4O3S/c1-33(31,32)28-22(30)15-9-17(23)20(10-18(15)25)29-19-7-6-12(8-16(19)21(24)27-29)14-5-3-2-4-13(14)11-26/h2-10H,1H3,(H,28,30). The monoisotopic (exact) mass is 502 g/mol. The van der Waals surface area contributed by atoms with E-state index in [4.69, 9.17) is 23.2 Å². The summed E-state index contributed by atoms with van der Waals surface area (Å²) in [5.41, 5.74) is 2.03. The molecule has 166 valence electrons. The second kappa shape index (κ2) is 8.48. The molecule has 0 saturated heterocycles. The molecule has 0 radical (unpaired) electrons. The van der Waals surface area contributed by atoms with Gasteiger partial charge in [-0.15, -0.1) is 0 Å². The van der Waals surface area contributed by atoms with E-state index in [9.17, 15) is 22.9 Å². The minimum absolute atomic E-state index is 0.0463. The Hall–Kier alpha value is -3.45. The Labute approximate surface area is 198 Å². The first kappa shape index (κ1) is 22.7. The predicted octanol–water partition coefficient (Wildman–Crippen LogP) is 4.70. The average molecular weight is 503 g/mol. The zero-order valence-corrected chi connectivity index (χ0v) is 19.1. The summed E-state index contributed by atoms with van der Waals surface area (Å²) in [6.45, 7) is 0. The molecular formula is C22H13Cl2FN4O3S. The van der Waals surface area contributed by atoms with E-state index in [1.54, 1.807) is 35.1 Å². The molecule has 3 aromatic carbocycles. The maximum absolute atomic E-state index is 14.7. The number of nitrogens with one attached hydrogen (secondary N) is 1. The van der Waals surface area contributed by atoms with E-state index in [0.717, 1.165) is 29.5 Å². The summed E-state index contributed by atoms with van der Waals surface area (Å²) < 4.78 is 40.3. The molecule has 0 fully saturated rings. The summed E-state index contributed by atoms with van der Waals surface area (Å²) in [6.07, 6.45) is 0.778. The van der Waals surface area contributed by atoms with Crippen LogP contribution in [0.1, 0.15) is 15.9 Å².